The fourth-order valence-electron chi connectivity index (χ4n) is 0.759. The van der Waals surface area contributed by atoms with Crippen LogP contribution in [-0.2, 0) is 0 Å². The van der Waals surface area contributed by atoms with Crippen molar-refractivity contribution < 1.29 is 0 Å². The van der Waals surface area contributed by atoms with Gasteiger partial charge >= 0.3 is 0 Å². The number of rotatable bonds is 0. The average Bonchev–Trinajstić information content (AvgIpc) is 2.02. The van der Waals surface area contributed by atoms with Gasteiger partial charge in [0.2, 0.25) is 0 Å². The molecule has 0 saturated carbocycles. The molecule has 0 aromatic rings. The maximum absolute atomic E-state index is 5.78. The topological polar surface area (TPSA) is 0 Å². The van der Waals surface area contributed by atoms with Gasteiger partial charge in [-0.05, 0) is 25.8 Å². The predicted molar refractivity (Wildman–Crippen MR) is 53.1 cm³/mol. The summed E-state index contributed by atoms with van der Waals surface area (Å²) in [5.74, 6) is 0. The van der Waals surface area contributed by atoms with Gasteiger partial charge in [0.25, 0.3) is 0 Å². The molecular weight excluding hydrogens is 179 g/mol. The zero-order chi connectivity index (χ0) is 8.85. The van der Waals surface area contributed by atoms with E-state index in [2.05, 4.69) is 0 Å². The van der Waals surface area contributed by atoms with Crippen molar-refractivity contribution in [3.05, 3.63) is 21.7 Å². The summed E-state index contributed by atoms with van der Waals surface area (Å²) >= 11 is 11.5. The first-order valence-corrected chi connectivity index (χ1v) is 4.67. The second-order valence-corrected chi connectivity index (χ2v) is 3.11. The van der Waals surface area contributed by atoms with E-state index in [0.29, 0.717) is 0 Å². The molecule has 0 aromatic carbocycles. The van der Waals surface area contributed by atoms with Crippen LogP contribution in [0.2, 0.25) is 0 Å². The number of halogens is 2. The molecule has 0 aliphatic heterocycles. The van der Waals surface area contributed by atoms with E-state index in [0.717, 1.165) is 22.9 Å². The van der Waals surface area contributed by atoms with Gasteiger partial charge < -0.3 is 0 Å². The van der Waals surface area contributed by atoms with E-state index >= 15 is 0 Å². The molecule has 0 saturated heterocycles. The molecule has 0 radical (unpaired) electrons. The molecule has 64 valence electrons. The smallest absolute Gasteiger partial charge is 0.0406 e. The average molecular weight is 193 g/mol. The summed E-state index contributed by atoms with van der Waals surface area (Å²) in [6, 6.07) is 0. The molecule has 0 fully saturated rings. The Morgan fingerprint density at radius 2 is 1.73 bits per heavy atom. The van der Waals surface area contributed by atoms with Crippen LogP contribution >= 0.6 is 23.2 Å². The Morgan fingerprint density at radius 1 is 1.18 bits per heavy atom. The van der Waals surface area contributed by atoms with Crippen LogP contribution in [-0.4, -0.2) is 0 Å². The molecule has 1 aliphatic rings. The number of allylic oxidation sites excluding steroid dienone is 4. The van der Waals surface area contributed by atoms with E-state index < -0.39 is 0 Å². The highest BCUT2D eigenvalue weighted by atomic mass is 35.5. The van der Waals surface area contributed by atoms with Crippen molar-refractivity contribution in [3.63, 3.8) is 0 Å². The molecule has 1 aliphatic carbocycles. The number of hydrogen-bond donors (Lipinski definition) is 0. The van der Waals surface area contributed by atoms with Crippen LogP contribution in [0.25, 0.3) is 0 Å². The second kappa shape index (κ2) is 5.68. The lowest BCUT2D eigenvalue weighted by molar-refractivity contribution is 0.941. The molecule has 0 aromatic heterocycles. The first kappa shape index (κ1) is 11.1. The molecule has 0 heterocycles. The summed E-state index contributed by atoms with van der Waals surface area (Å²) < 4.78 is 0. The van der Waals surface area contributed by atoms with Crippen molar-refractivity contribution in [2.45, 2.75) is 33.6 Å². The minimum absolute atomic E-state index is 0.811. The van der Waals surface area contributed by atoms with Gasteiger partial charge in [-0.2, -0.15) is 0 Å². The van der Waals surface area contributed by atoms with E-state index in [4.69, 9.17) is 23.2 Å². The molecule has 0 atom stereocenters. The molecular formula is C9H14Cl2. The van der Waals surface area contributed by atoms with Gasteiger partial charge in [0.05, 0.1) is 0 Å². The first-order chi connectivity index (χ1) is 5.20. The third-order valence-corrected chi connectivity index (χ3v) is 2.16. The zero-order valence-electron chi connectivity index (χ0n) is 7.25. The molecule has 0 spiro atoms. The van der Waals surface area contributed by atoms with Crippen LogP contribution in [0.3, 0.4) is 0 Å². The van der Waals surface area contributed by atoms with Crippen molar-refractivity contribution in [2.24, 2.45) is 0 Å². The van der Waals surface area contributed by atoms with Gasteiger partial charge in [-0.1, -0.05) is 42.6 Å². The molecule has 0 amide bonds. The van der Waals surface area contributed by atoms with Crippen molar-refractivity contribution >= 4 is 23.2 Å². The Balaban J connectivity index is 0.000000461. The first-order valence-electron chi connectivity index (χ1n) is 3.91. The van der Waals surface area contributed by atoms with Crippen molar-refractivity contribution in [2.75, 3.05) is 0 Å². The highest BCUT2D eigenvalue weighted by Gasteiger charge is 2.05. The Hall–Kier alpha value is 0.0600. The van der Waals surface area contributed by atoms with Crippen molar-refractivity contribution in [1.29, 1.82) is 0 Å². The number of hydrogen-bond acceptors (Lipinski definition) is 0. The summed E-state index contributed by atoms with van der Waals surface area (Å²) in [6.07, 6.45) is 3.78. The Labute approximate surface area is 78.9 Å². The normalized spacial score (nSPS) is 17.0. The lowest BCUT2D eigenvalue weighted by atomic mass is 10.1. The maximum Gasteiger partial charge on any atom is 0.0406 e. The minimum Gasteiger partial charge on any atom is -0.0891 e. The van der Waals surface area contributed by atoms with Crippen LogP contribution in [0.15, 0.2) is 21.7 Å². The summed E-state index contributed by atoms with van der Waals surface area (Å²) in [5.41, 5.74) is 1.24. The van der Waals surface area contributed by atoms with Crippen LogP contribution in [0, 0.1) is 0 Å². The molecule has 0 bridgehead atoms. The molecule has 2 heteroatoms. The van der Waals surface area contributed by atoms with Gasteiger partial charge in [0.1, 0.15) is 0 Å². The van der Waals surface area contributed by atoms with Gasteiger partial charge in [-0.3, -0.25) is 0 Å². The summed E-state index contributed by atoms with van der Waals surface area (Å²) in [6.45, 7) is 6.03. The Kier molecular flexibility index (Phi) is 5.71. The lowest BCUT2D eigenvalue weighted by Gasteiger charge is -2.08. The van der Waals surface area contributed by atoms with E-state index in [-0.39, 0.29) is 0 Å². The Bertz CT molecular complexity index is 178. The van der Waals surface area contributed by atoms with Gasteiger partial charge in [0.15, 0.2) is 0 Å². The van der Waals surface area contributed by atoms with Crippen molar-refractivity contribution in [3.8, 4) is 0 Å². The lowest BCUT2D eigenvalue weighted by Crippen LogP contribution is -1.88. The van der Waals surface area contributed by atoms with E-state index in [1.165, 1.54) is 5.57 Å². The fourth-order valence-corrected chi connectivity index (χ4v) is 1.24. The molecule has 1 rings (SSSR count). The van der Waals surface area contributed by atoms with E-state index in [9.17, 15) is 0 Å². The highest BCUT2D eigenvalue weighted by Crippen LogP contribution is 2.27. The minimum atomic E-state index is 0.811. The van der Waals surface area contributed by atoms with Gasteiger partial charge in [0, 0.05) is 10.1 Å². The standard InChI is InChI=1S/C7H8Cl2.C2H6/c1-5-2-3-6(8)4-7(5)9;1-2/h4H,2-3H2,1H3;1-2H3. The molecule has 0 nitrogen and oxygen atoms in total. The van der Waals surface area contributed by atoms with Gasteiger partial charge in [-0.25, -0.2) is 0 Å². The summed E-state index contributed by atoms with van der Waals surface area (Å²) in [5, 5.41) is 1.68. The Morgan fingerprint density at radius 3 is 2.09 bits per heavy atom. The molecule has 11 heavy (non-hydrogen) atoms. The largest absolute Gasteiger partial charge is 0.0891 e. The van der Waals surface area contributed by atoms with E-state index in [1.54, 1.807) is 0 Å². The maximum atomic E-state index is 5.78. The van der Waals surface area contributed by atoms with Crippen LogP contribution in [0.4, 0.5) is 0 Å². The highest BCUT2D eigenvalue weighted by molar-refractivity contribution is 6.35. The molecule has 0 unspecified atom stereocenters. The van der Waals surface area contributed by atoms with Crippen molar-refractivity contribution in [1.82, 2.24) is 0 Å². The summed E-state index contributed by atoms with van der Waals surface area (Å²) in [4.78, 5) is 0. The van der Waals surface area contributed by atoms with Crippen LogP contribution in [0.1, 0.15) is 33.6 Å². The predicted octanol–water partition coefficient (Wildman–Crippen LogP) is 4.44. The van der Waals surface area contributed by atoms with Gasteiger partial charge in [-0.15, -0.1) is 0 Å². The monoisotopic (exact) mass is 192 g/mol. The van der Waals surface area contributed by atoms with Crippen LogP contribution in [0.5, 0.6) is 0 Å². The molecule has 0 N–H and O–H groups in total. The fraction of sp³-hybridized carbons (Fsp3) is 0.556. The van der Waals surface area contributed by atoms with Crippen LogP contribution < -0.4 is 0 Å². The summed E-state index contributed by atoms with van der Waals surface area (Å²) in [7, 11) is 0. The second-order valence-electron chi connectivity index (χ2n) is 2.22. The zero-order valence-corrected chi connectivity index (χ0v) is 8.76. The SMILES string of the molecule is CC.CC1=C(Cl)C=C(Cl)CC1. The third kappa shape index (κ3) is 3.83. The van der Waals surface area contributed by atoms with E-state index in [1.807, 2.05) is 26.8 Å². The third-order valence-electron chi connectivity index (χ3n) is 1.43. The quantitative estimate of drug-likeness (QED) is 0.533.